The molecule has 0 aliphatic carbocycles. The van der Waals surface area contributed by atoms with Crippen LogP contribution in [-0.2, 0) is 4.79 Å². The number of piperazine rings is 1. The first kappa shape index (κ1) is 13.9. The zero-order valence-electron chi connectivity index (χ0n) is 11.1. The maximum absolute atomic E-state index is 12.5. The molecule has 1 aromatic heterocycles. The highest BCUT2D eigenvalue weighted by Gasteiger charge is 2.36. The average molecular weight is 349 g/mol. The number of amides is 2. The van der Waals surface area contributed by atoms with Crippen LogP contribution in [0.2, 0.25) is 0 Å². The van der Waals surface area contributed by atoms with Gasteiger partial charge in [0.1, 0.15) is 6.04 Å². The van der Waals surface area contributed by atoms with E-state index in [1.807, 2.05) is 24.3 Å². The summed E-state index contributed by atoms with van der Waals surface area (Å²) in [4.78, 5) is 26.4. The van der Waals surface area contributed by atoms with Crippen molar-refractivity contribution in [2.75, 3.05) is 13.1 Å². The van der Waals surface area contributed by atoms with Crippen LogP contribution in [0.3, 0.4) is 0 Å². The molecule has 1 fully saturated rings. The van der Waals surface area contributed by atoms with Gasteiger partial charge in [0.2, 0.25) is 5.91 Å². The van der Waals surface area contributed by atoms with E-state index in [-0.39, 0.29) is 17.6 Å². The van der Waals surface area contributed by atoms with Crippen LogP contribution < -0.4 is 5.32 Å². The van der Waals surface area contributed by atoms with Gasteiger partial charge in [0, 0.05) is 17.6 Å². The van der Waals surface area contributed by atoms with Gasteiger partial charge >= 0.3 is 0 Å². The summed E-state index contributed by atoms with van der Waals surface area (Å²) < 4.78 is 5.96. The molecule has 1 atom stereocenters. The van der Waals surface area contributed by atoms with E-state index in [4.69, 9.17) is 4.42 Å². The van der Waals surface area contributed by atoms with Gasteiger partial charge in [-0.25, -0.2) is 0 Å². The molecule has 3 rings (SSSR count). The topological polar surface area (TPSA) is 62.6 Å². The molecule has 21 heavy (non-hydrogen) atoms. The molecule has 5 nitrogen and oxygen atoms in total. The first-order valence-corrected chi connectivity index (χ1v) is 7.34. The summed E-state index contributed by atoms with van der Waals surface area (Å²) in [6.45, 7) is 0.878. The lowest BCUT2D eigenvalue weighted by atomic mass is 10.0. The van der Waals surface area contributed by atoms with E-state index in [1.165, 1.54) is 11.2 Å². The van der Waals surface area contributed by atoms with Crippen molar-refractivity contribution in [3.05, 3.63) is 58.5 Å². The van der Waals surface area contributed by atoms with Gasteiger partial charge in [-0.1, -0.05) is 34.1 Å². The van der Waals surface area contributed by atoms with Gasteiger partial charge in [-0.15, -0.1) is 0 Å². The minimum Gasteiger partial charge on any atom is -0.459 e. The number of nitrogens with zero attached hydrogens (tertiary/aromatic N) is 1. The first-order chi connectivity index (χ1) is 10.2. The lowest BCUT2D eigenvalue weighted by Gasteiger charge is -2.35. The Morgan fingerprint density at radius 2 is 2.10 bits per heavy atom. The third-order valence-electron chi connectivity index (χ3n) is 3.40. The number of carbonyl (C=O) groups excluding carboxylic acids is 2. The second kappa shape index (κ2) is 5.73. The van der Waals surface area contributed by atoms with Gasteiger partial charge < -0.3 is 14.6 Å². The molecule has 0 radical (unpaired) electrons. The molecule has 0 saturated carbocycles. The molecule has 0 bridgehead atoms. The van der Waals surface area contributed by atoms with Crippen LogP contribution >= 0.6 is 15.9 Å². The largest absolute Gasteiger partial charge is 0.459 e. The van der Waals surface area contributed by atoms with Gasteiger partial charge in [0.05, 0.1) is 6.26 Å². The Bertz CT molecular complexity index is 669. The Morgan fingerprint density at radius 1 is 1.29 bits per heavy atom. The predicted octanol–water partition coefficient (Wildman–Crippen LogP) is 2.36. The van der Waals surface area contributed by atoms with Gasteiger partial charge in [0.25, 0.3) is 5.91 Å². The molecule has 2 amide bonds. The van der Waals surface area contributed by atoms with Gasteiger partial charge in [-0.3, -0.25) is 9.59 Å². The number of furan rings is 1. The summed E-state index contributed by atoms with van der Waals surface area (Å²) in [6, 6.07) is 10.0. The molecule has 1 aromatic carbocycles. The van der Waals surface area contributed by atoms with Crippen LogP contribution in [-0.4, -0.2) is 29.8 Å². The van der Waals surface area contributed by atoms with E-state index in [0.29, 0.717) is 13.1 Å². The Kier molecular flexibility index (Phi) is 3.79. The van der Waals surface area contributed by atoms with Crippen LogP contribution in [0.25, 0.3) is 0 Å². The normalized spacial score (nSPS) is 18.4. The highest BCUT2D eigenvalue weighted by atomic mass is 79.9. The standard InChI is InChI=1S/C15H13BrN2O3/c16-11-5-2-1-4-10(11)13-14(19)17-7-8-18(13)15(20)12-6-3-9-21-12/h1-6,9,13H,7-8H2,(H,17,19)/t13-/m0/s1. The third kappa shape index (κ3) is 2.58. The average Bonchev–Trinajstić information content (AvgIpc) is 3.01. The van der Waals surface area contributed by atoms with Crippen molar-refractivity contribution in [3.63, 3.8) is 0 Å². The van der Waals surface area contributed by atoms with Crippen molar-refractivity contribution in [1.29, 1.82) is 0 Å². The zero-order valence-corrected chi connectivity index (χ0v) is 12.7. The fraction of sp³-hybridized carbons (Fsp3) is 0.200. The number of nitrogens with one attached hydrogen (secondary N) is 1. The zero-order chi connectivity index (χ0) is 14.8. The molecule has 2 aromatic rings. The Hall–Kier alpha value is -2.08. The van der Waals surface area contributed by atoms with Crippen LogP contribution in [0, 0.1) is 0 Å². The molecule has 1 saturated heterocycles. The summed E-state index contributed by atoms with van der Waals surface area (Å²) in [6.07, 6.45) is 1.45. The lowest BCUT2D eigenvalue weighted by molar-refractivity contribution is -0.128. The Labute approximate surface area is 130 Å². The molecule has 2 heterocycles. The van der Waals surface area contributed by atoms with E-state index in [2.05, 4.69) is 21.2 Å². The number of rotatable bonds is 2. The first-order valence-electron chi connectivity index (χ1n) is 6.55. The fourth-order valence-corrected chi connectivity index (χ4v) is 2.94. The molecule has 1 N–H and O–H groups in total. The van der Waals surface area contributed by atoms with Crippen molar-refractivity contribution in [2.24, 2.45) is 0 Å². The van der Waals surface area contributed by atoms with E-state index in [1.54, 1.807) is 12.1 Å². The Morgan fingerprint density at radius 3 is 2.81 bits per heavy atom. The Balaban J connectivity index is 1.99. The molecule has 108 valence electrons. The second-order valence-corrected chi connectivity index (χ2v) is 5.55. The van der Waals surface area contributed by atoms with Gasteiger partial charge in [-0.2, -0.15) is 0 Å². The fourth-order valence-electron chi connectivity index (χ4n) is 2.43. The molecule has 1 aliphatic rings. The monoisotopic (exact) mass is 348 g/mol. The van der Waals surface area contributed by atoms with Crippen LogP contribution in [0.15, 0.2) is 51.6 Å². The highest BCUT2D eigenvalue weighted by molar-refractivity contribution is 9.10. The summed E-state index contributed by atoms with van der Waals surface area (Å²) >= 11 is 3.44. The molecular weight excluding hydrogens is 336 g/mol. The quantitative estimate of drug-likeness (QED) is 0.905. The molecule has 0 unspecified atom stereocenters. The summed E-state index contributed by atoms with van der Waals surface area (Å²) in [5, 5.41) is 2.80. The number of hydrogen-bond donors (Lipinski definition) is 1. The maximum atomic E-state index is 12.5. The van der Waals surface area contributed by atoms with E-state index in [9.17, 15) is 9.59 Å². The minimum atomic E-state index is -0.660. The smallest absolute Gasteiger partial charge is 0.290 e. The van der Waals surface area contributed by atoms with Crippen molar-refractivity contribution < 1.29 is 14.0 Å². The third-order valence-corrected chi connectivity index (χ3v) is 4.13. The van der Waals surface area contributed by atoms with Crippen molar-refractivity contribution in [1.82, 2.24) is 10.2 Å². The number of carbonyl (C=O) groups is 2. The van der Waals surface area contributed by atoms with Gasteiger partial charge in [-0.05, 0) is 23.8 Å². The summed E-state index contributed by atoms with van der Waals surface area (Å²) in [7, 11) is 0. The minimum absolute atomic E-state index is 0.187. The van der Waals surface area contributed by atoms with Crippen molar-refractivity contribution in [2.45, 2.75) is 6.04 Å². The summed E-state index contributed by atoms with van der Waals surface area (Å²) in [5.41, 5.74) is 0.759. The van der Waals surface area contributed by atoms with Crippen LogP contribution in [0.4, 0.5) is 0 Å². The van der Waals surface area contributed by atoms with Crippen LogP contribution in [0.5, 0.6) is 0 Å². The molecule has 1 aliphatic heterocycles. The van der Waals surface area contributed by atoms with Crippen molar-refractivity contribution in [3.8, 4) is 0 Å². The number of hydrogen-bond acceptors (Lipinski definition) is 3. The molecule has 6 heteroatoms. The van der Waals surface area contributed by atoms with E-state index in [0.717, 1.165) is 10.0 Å². The van der Waals surface area contributed by atoms with Crippen molar-refractivity contribution >= 4 is 27.7 Å². The molecule has 0 spiro atoms. The lowest BCUT2D eigenvalue weighted by Crippen LogP contribution is -2.52. The van der Waals surface area contributed by atoms with Crippen LogP contribution in [0.1, 0.15) is 22.2 Å². The predicted molar refractivity (Wildman–Crippen MR) is 79.6 cm³/mol. The maximum Gasteiger partial charge on any atom is 0.290 e. The number of benzene rings is 1. The van der Waals surface area contributed by atoms with E-state index < -0.39 is 6.04 Å². The van der Waals surface area contributed by atoms with Gasteiger partial charge in [0.15, 0.2) is 5.76 Å². The SMILES string of the molecule is O=C1NCCN(C(=O)c2ccco2)[C@H]1c1ccccc1Br. The summed E-state index contributed by atoms with van der Waals surface area (Å²) in [5.74, 6) is -0.231. The highest BCUT2D eigenvalue weighted by Crippen LogP contribution is 2.30. The number of halogens is 1. The van der Waals surface area contributed by atoms with E-state index >= 15 is 0 Å². The molecular formula is C15H13BrN2O3. The second-order valence-electron chi connectivity index (χ2n) is 4.69.